The molecule has 0 unspecified atom stereocenters. The van der Waals surface area contributed by atoms with Crippen molar-refractivity contribution in [3.8, 4) is 0 Å². The highest BCUT2D eigenvalue weighted by Gasteiger charge is 2.29. The van der Waals surface area contributed by atoms with Gasteiger partial charge in [0, 0.05) is 29.2 Å². The fraction of sp³-hybridized carbons (Fsp3) is 0.571. The van der Waals surface area contributed by atoms with Crippen LogP contribution in [-0.2, 0) is 35.5 Å². The zero-order valence-corrected chi connectivity index (χ0v) is 18.7. The van der Waals surface area contributed by atoms with Crippen LogP contribution in [0.25, 0.3) is 0 Å². The molecule has 8 heteroatoms. The van der Waals surface area contributed by atoms with Gasteiger partial charge in [-0.1, -0.05) is 6.92 Å². The summed E-state index contributed by atoms with van der Waals surface area (Å²) in [6.07, 6.45) is 4.71. The lowest BCUT2D eigenvalue weighted by Gasteiger charge is -2.18. The Bertz CT molecular complexity index is 902. The minimum Gasteiger partial charge on any atom is -0.465 e. The molecule has 0 aliphatic heterocycles. The Morgan fingerprint density at radius 3 is 2.86 bits per heavy atom. The van der Waals surface area contributed by atoms with Gasteiger partial charge in [-0.3, -0.25) is 14.4 Å². The van der Waals surface area contributed by atoms with Crippen molar-refractivity contribution in [1.82, 2.24) is 14.7 Å². The highest BCUT2D eigenvalue weighted by atomic mass is 32.1. The summed E-state index contributed by atoms with van der Waals surface area (Å²) < 4.78 is 6.94. The van der Waals surface area contributed by atoms with E-state index in [4.69, 9.17) is 4.74 Å². The Labute approximate surface area is 176 Å². The molecule has 0 spiro atoms. The molecule has 1 amide bonds. The summed E-state index contributed by atoms with van der Waals surface area (Å²) >= 11 is 1.51. The number of hydrogen-bond donors (Lipinski definition) is 1. The van der Waals surface area contributed by atoms with Crippen molar-refractivity contribution in [2.45, 2.75) is 53.1 Å². The van der Waals surface area contributed by atoms with Gasteiger partial charge in [-0.25, -0.2) is 4.79 Å². The quantitative estimate of drug-likeness (QED) is 0.699. The van der Waals surface area contributed by atoms with Crippen LogP contribution in [0.1, 0.15) is 52.3 Å². The Hall–Kier alpha value is -2.19. The summed E-state index contributed by atoms with van der Waals surface area (Å²) in [5.74, 6) is 0.0850. The van der Waals surface area contributed by atoms with Crippen molar-refractivity contribution in [1.29, 1.82) is 0 Å². The SMILES string of the molecule is CCn1ncc(CN(C)CC(=O)Nc2sc3c(c2C(=O)OC)CC[C@@H](C)C3)c1C. The Morgan fingerprint density at radius 2 is 2.21 bits per heavy atom. The second kappa shape index (κ2) is 9.09. The fourth-order valence-electron chi connectivity index (χ4n) is 3.87. The average Bonchev–Trinajstić information content (AvgIpc) is 3.20. The van der Waals surface area contributed by atoms with Gasteiger partial charge >= 0.3 is 5.97 Å². The normalized spacial score (nSPS) is 16.0. The molecule has 3 rings (SSSR count). The van der Waals surface area contributed by atoms with Crippen LogP contribution in [0.3, 0.4) is 0 Å². The minimum absolute atomic E-state index is 0.134. The molecule has 1 atom stereocenters. The number of anilines is 1. The van der Waals surface area contributed by atoms with Crippen LogP contribution in [0, 0.1) is 12.8 Å². The lowest BCUT2D eigenvalue weighted by atomic mass is 9.88. The maximum atomic E-state index is 12.7. The number of aryl methyl sites for hydroxylation is 1. The van der Waals surface area contributed by atoms with Gasteiger partial charge in [0.2, 0.25) is 5.91 Å². The molecule has 2 aromatic heterocycles. The standard InChI is InChI=1S/C21H30N4O3S/c1-6-25-14(3)15(10-22-25)11-24(4)12-18(26)23-20-19(21(27)28-5)16-8-7-13(2)9-17(16)29-20/h10,13H,6-9,11-12H2,1-5H3,(H,23,26)/t13-/m1/s1. The average molecular weight is 419 g/mol. The number of fused-ring (bicyclic) bond motifs is 1. The molecular weight excluding hydrogens is 388 g/mol. The summed E-state index contributed by atoms with van der Waals surface area (Å²) in [6.45, 7) is 8.02. The van der Waals surface area contributed by atoms with E-state index < -0.39 is 0 Å². The summed E-state index contributed by atoms with van der Waals surface area (Å²) in [4.78, 5) is 28.2. The van der Waals surface area contributed by atoms with Crippen LogP contribution >= 0.6 is 11.3 Å². The third kappa shape index (κ3) is 4.70. The largest absolute Gasteiger partial charge is 0.465 e. The molecule has 0 bridgehead atoms. The number of thiophene rings is 1. The molecule has 158 valence electrons. The number of likely N-dealkylation sites (N-methyl/N-ethyl adjacent to an activating group) is 1. The zero-order chi connectivity index (χ0) is 21.1. The maximum Gasteiger partial charge on any atom is 0.341 e. The van der Waals surface area contributed by atoms with Crippen LogP contribution < -0.4 is 5.32 Å². The van der Waals surface area contributed by atoms with Crippen LogP contribution in [0.5, 0.6) is 0 Å². The van der Waals surface area contributed by atoms with Crippen molar-refractivity contribution in [2.24, 2.45) is 5.92 Å². The number of methoxy groups -OCH3 is 1. The topological polar surface area (TPSA) is 76.5 Å². The van der Waals surface area contributed by atoms with Crippen molar-refractivity contribution < 1.29 is 14.3 Å². The summed E-state index contributed by atoms with van der Waals surface area (Å²) in [6, 6.07) is 0. The van der Waals surface area contributed by atoms with Gasteiger partial charge in [-0.2, -0.15) is 5.10 Å². The van der Waals surface area contributed by atoms with Gasteiger partial charge < -0.3 is 10.1 Å². The zero-order valence-electron chi connectivity index (χ0n) is 17.9. The van der Waals surface area contributed by atoms with E-state index in [9.17, 15) is 9.59 Å². The predicted octanol–water partition coefficient (Wildman–Crippen LogP) is 3.25. The van der Waals surface area contributed by atoms with Gasteiger partial charge in [0.1, 0.15) is 5.00 Å². The molecule has 2 aromatic rings. The smallest absolute Gasteiger partial charge is 0.341 e. The van der Waals surface area contributed by atoms with Crippen LogP contribution in [-0.4, -0.2) is 47.3 Å². The monoisotopic (exact) mass is 418 g/mol. The van der Waals surface area contributed by atoms with Gasteiger partial charge in [0.05, 0.1) is 25.4 Å². The summed E-state index contributed by atoms with van der Waals surface area (Å²) in [7, 11) is 3.29. The molecule has 2 heterocycles. The first kappa shape index (κ1) is 21.5. The first-order valence-corrected chi connectivity index (χ1v) is 10.9. The predicted molar refractivity (Wildman–Crippen MR) is 114 cm³/mol. The van der Waals surface area contributed by atoms with E-state index in [1.165, 1.54) is 23.3 Å². The third-order valence-electron chi connectivity index (χ3n) is 5.51. The van der Waals surface area contributed by atoms with E-state index in [-0.39, 0.29) is 18.4 Å². The number of carbonyl (C=O) groups excluding carboxylic acids is 2. The van der Waals surface area contributed by atoms with E-state index in [2.05, 4.69) is 24.3 Å². The Morgan fingerprint density at radius 1 is 1.45 bits per heavy atom. The highest BCUT2D eigenvalue weighted by Crippen LogP contribution is 2.40. The molecule has 7 nitrogen and oxygen atoms in total. The number of ether oxygens (including phenoxy) is 1. The van der Waals surface area contributed by atoms with Gasteiger partial charge in [0.25, 0.3) is 0 Å². The Kier molecular flexibility index (Phi) is 6.74. The van der Waals surface area contributed by atoms with E-state index in [1.807, 2.05) is 29.7 Å². The first-order chi connectivity index (χ1) is 13.8. The number of hydrogen-bond acceptors (Lipinski definition) is 6. The number of esters is 1. The molecule has 0 saturated heterocycles. The van der Waals surface area contributed by atoms with Crippen LogP contribution in [0.2, 0.25) is 0 Å². The van der Waals surface area contributed by atoms with Gasteiger partial charge in [-0.05, 0) is 51.6 Å². The molecule has 29 heavy (non-hydrogen) atoms. The maximum absolute atomic E-state index is 12.7. The van der Waals surface area contributed by atoms with Crippen LogP contribution in [0.15, 0.2) is 6.20 Å². The molecule has 0 fully saturated rings. The number of rotatable bonds is 7. The highest BCUT2D eigenvalue weighted by molar-refractivity contribution is 7.17. The van der Waals surface area contributed by atoms with Crippen molar-refractivity contribution >= 4 is 28.2 Å². The fourth-order valence-corrected chi connectivity index (χ4v) is 5.29. The second-order valence-electron chi connectivity index (χ2n) is 7.84. The second-order valence-corrected chi connectivity index (χ2v) is 8.94. The van der Waals surface area contributed by atoms with Gasteiger partial charge in [-0.15, -0.1) is 11.3 Å². The van der Waals surface area contributed by atoms with Crippen molar-refractivity contribution in [3.05, 3.63) is 33.5 Å². The summed E-state index contributed by atoms with van der Waals surface area (Å²) in [5.41, 5.74) is 3.81. The lowest BCUT2D eigenvalue weighted by Crippen LogP contribution is -2.30. The number of amides is 1. The third-order valence-corrected chi connectivity index (χ3v) is 6.68. The van der Waals surface area contributed by atoms with Crippen molar-refractivity contribution in [3.63, 3.8) is 0 Å². The van der Waals surface area contributed by atoms with Crippen molar-refractivity contribution in [2.75, 3.05) is 26.0 Å². The minimum atomic E-state index is -0.372. The molecule has 0 aromatic carbocycles. The molecule has 1 aliphatic carbocycles. The van der Waals surface area contributed by atoms with Crippen LogP contribution in [0.4, 0.5) is 5.00 Å². The number of nitrogens with one attached hydrogen (secondary N) is 1. The van der Waals surface area contributed by atoms with E-state index >= 15 is 0 Å². The van der Waals surface area contributed by atoms with E-state index in [1.54, 1.807) is 0 Å². The van der Waals surface area contributed by atoms with E-state index in [0.29, 0.717) is 23.0 Å². The number of aromatic nitrogens is 2. The lowest BCUT2D eigenvalue weighted by molar-refractivity contribution is -0.117. The molecule has 0 radical (unpaired) electrons. The molecule has 1 aliphatic rings. The first-order valence-electron chi connectivity index (χ1n) is 10.1. The van der Waals surface area contributed by atoms with E-state index in [0.717, 1.165) is 42.6 Å². The Balaban J connectivity index is 1.70. The van der Waals surface area contributed by atoms with Gasteiger partial charge in [0.15, 0.2) is 0 Å². The number of nitrogens with zero attached hydrogens (tertiary/aromatic N) is 3. The molecule has 0 saturated carbocycles. The molecular formula is C21H30N4O3S. The number of carbonyl (C=O) groups is 2. The molecule has 1 N–H and O–H groups in total. The summed E-state index contributed by atoms with van der Waals surface area (Å²) in [5, 5.41) is 7.93.